The minimum atomic E-state index is -4.60. The molecule has 1 amide bonds. The van der Waals surface area contributed by atoms with Gasteiger partial charge in [-0.3, -0.25) is 9.78 Å². The van der Waals surface area contributed by atoms with Gasteiger partial charge >= 0.3 is 6.18 Å². The van der Waals surface area contributed by atoms with E-state index >= 15 is 0 Å². The molecule has 1 aromatic heterocycles. The summed E-state index contributed by atoms with van der Waals surface area (Å²) in [6.45, 7) is 0. The number of carbonyl (C=O) groups excluding carboxylic acids is 1. The van der Waals surface area contributed by atoms with Crippen LogP contribution in [0.25, 0.3) is 10.9 Å². The van der Waals surface area contributed by atoms with Crippen LogP contribution in [0.5, 0.6) is 0 Å². The Balaban J connectivity index is 1.95. The van der Waals surface area contributed by atoms with Crippen molar-refractivity contribution in [2.24, 2.45) is 0 Å². The first-order chi connectivity index (χ1) is 11.4. The maximum atomic E-state index is 12.9. The fourth-order valence-electron chi connectivity index (χ4n) is 2.31. The highest BCUT2D eigenvalue weighted by Gasteiger charge is 2.33. The second-order valence-corrected chi connectivity index (χ2v) is 5.43. The summed E-state index contributed by atoms with van der Waals surface area (Å²) in [5.41, 5.74) is -0.248. The molecule has 0 aliphatic rings. The Morgan fingerprint density at radius 3 is 2.58 bits per heavy atom. The molecule has 0 fully saturated rings. The number of fused-ring (bicyclic) bond motifs is 1. The summed E-state index contributed by atoms with van der Waals surface area (Å²) in [5.74, 6) is -0.547. The summed E-state index contributed by atoms with van der Waals surface area (Å²) < 4.78 is 38.7. The van der Waals surface area contributed by atoms with Crippen molar-refractivity contribution in [1.29, 1.82) is 0 Å². The van der Waals surface area contributed by atoms with Gasteiger partial charge < -0.3 is 5.32 Å². The molecule has 0 aliphatic heterocycles. The van der Waals surface area contributed by atoms with Crippen molar-refractivity contribution in [2.45, 2.75) is 6.18 Å². The SMILES string of the molecule is O=C(Nc1ccc(Cl)c(C(F)(F)F)c1)c1cccc2cccnc12. The zero-order chi connectivity index (χ0) is 17.3. The number of amides is 1. The van der Waals surface area contributed by atoms with E-state index in [0.717, 1.165) is 17.5 Å². The third kappa shape index (κ3) is 3.19. The quantitative estimate of drug-likeness (QED) is 0.693. The van der Waals surface area contributed by atoms with Crippen molar-refractivity contribution in [2.75, 3.05) is 5.32 Å². The van der Waals surface area contributed by atoms with Crippen LogP contribution in [0.3, 0.4) is 0 Å². The fourth-order valence-corrected chi connectivity index (χ4v) is 2.53. The number of rotatable bonds is 2. The van der Waals surface area contributed by atoms with Gasteiger partial charge in [0.05, 0.1) is 21.7 Å². The number of nitrogens with zero attached hydrogens (tertiary/aromatic N) is 1. The molecule has 0 radical (unpaired) electrons. The Hall–Kier alpha value is -2.60. The average molecular weight is 351 g/mol. The molecule has 3 nitrogen and oxygen atoms in total. The number of aromatic nitrogens is 1. The number of nitrogens with one attached hydrogen (secondary N) is 1. The molecule has 3 aromatic rings. The number of pyridine rings is 1. The molecule has 2 aromatic carbocycles. The number of anilines is 1. The smallest absolute Gasteiger partial charge is 0.322 e. The van der Waals surface area contributed by atoms with Crippen LogP contribution in [0, 0.1) is 0 Å². The van der Waals surface area contributed by atoms with E-state index < -0.39 is 22.7 Å². The lowest BCUT2D eigenvalue weighted by Gasteiger charge is -2.12. The molecule has 0 saturated carbocycles. The van der Waals surface area contributed by atoms with Crippen molar-refractivity contribution in [1.82, 2.24) is 4.98 Å². The second-order valence-electron chi connectivity index (χ2n) is 5.03. The van der Waals surface area contributed by atoms with Crippen LogP contribution in [-0.2, 0) is 6.18 Å². The van der Waals surface area contributed by atoms with Gasteiger partial charge in [0.1, 0.15) is 0 Å². The van der Waals surface area contributed by atoms with Crippen LogP contribution in [0.1, 0.15) is 15.9 Å². The second kappa shape index (κ2) is 6.13. The minimum Gasteiger partial charge on any atom is -0.322 e. The van der Waals surface area contributed by atoms with Gasteiger partial charge in [0.25, 0.3) is 5.91 Å². The van der Waals surface area contributed by atoms with Gasteiger partial charge in [-0.1, -0.05) is 29.8 Å². The molecule has 0 aliphatic carbocycles. The molecule has 1 N–H and O–H groups in total. The van der Waals surface area contributed by atoms with Gasteiger partial charge in [-0.2, -0.15) is 13.2 Å². The van der Waals surface area contributed by atoms with E-state index in [9.17, 15) is 18.0 Å². The van der Waals surface area contributed by atoms with Crippen LogP contribution in [-0.4, -0.2) is 10.9 Å². The fraction of sp³-hybridized carbons (Fsp3) is 0.0588. The Bertz CT molecular complexity index is 920. The van der Waals surface area contributed by atoms with Crippen molar-refractivity contribution in [3.63, 3.8) is 0 Å². The molecule has 3 rings (SSSR count). The standard InChI is InChI=1S/C17H10ClF3N2O/c18-14-7-6-11(9-13(14)17(19,20)21)23-16(24)12-5-1-3-10-4-2-8-22-15(10)12/h1-9H,(H,23,24). The summed E-state index contributed by atoms with van der Waals surface area (Å²) in [5, 5.41) is 2.79. The zero-order valence-electron chi connectivity index (χ0n) is 12.1. The number of halogens is 4. The molecule has 0 bridgehead atoms. The number of hydrogen-bond acceptors (Lipinski definition) is 2. The highest BCUT2D eigenvalue weighted by Crippen LogP contribution is 2.36. The van der Waals surface area contributed by atoms with E-state index in [1.807, 2.05) is 0 Å². The van der Waals surface area contributed by atoms with Crippen molar-refractivity contribution in [3.8, 4) is 0 Å². The largest absolute Gasteiger partial charge is 0.417 e. The predicted molar refractivity (Wildman–Crippen MR) is 86.2 cm³/mol. The van der Waals surface area contributed by atoms with Gasteiger partial charge in [0.2, 0.25) is 0 Å². The van der Waals surface area contributed by atoms with Crippen LogP contribution in [0.4, 0.5) is 18.9 Å². The van der Waals surface area contributed by atoms with E-state index in [1.165, 1.54) is 6.07 Å². The summed E-state index contributed by atoms with van der Waals surface area (Å²) in [6.07, 6.45) is -3.05. The van der Waals surface area contributed by atoms with E-state index in [2.05, 4.69) is 10.3 Å². The maximum Gasteiger partial charge on any atom is 0.417 e. The molecular weight excluding hydrogens is 341 g/mol. The zero-order valence-corrected chi connectivity index (χ0v) is 12.8. The number of hydrogen-bond donors (Lipinski definition) is 1. The van der Waals surface area contributed by atoms with Gasteiger partial charge in [0.15, 0.2) is 0 Å². The average Bonchev–Trinajstić information content (AvgIpc) is 2.55. The molecule has 0 atom stereocenters. The summed E-state index contributed by atoms with van der Waals surface area (Å²) in [6, 6.07) is 11.8. The highest BCUT2D eigenvalue weighted by molar-refractivity contribution is 6.31. The first-order valence-corrected chi connectivity index (χ1v) is 7.26. The first kappa shape index (κ1) is 16.3. The van der Waals surface area contributed by atoms with Crippen molar-refractivity contribution in [3.05, 3.63) is 70.9 Å². The van der Waals surface area contributed by atoms with Crippen LogP contribution < -0.4 is 5.32 Å². The van der Waals surface area contributed by atoms with Crippen molar-refractivity contribution < 1.29 is 18.0 Å². The van der Waals surface area contributed by atoms with Crippen LogP contribution in [0.15, 0.2) is 54.7 Å². The molecule has 0 spiro atoms. The first-order valence-electron chi connectivity index (χ1n) is 6.88. The Morgan fingerprint density at radius 1 is 1.08 bits per heavy atom. The number of carbonyl (C=O) groups is 1. The Labute approximate surface area is 140 Å². The van der Waals surface area contributed by atoms with Crippen LogP contribution in [0.2, 0.25) is 5.02 Å². The molecule has 0 unspecified atom stereocenters. The Morgan fingerprint density at radius 2 is 1.83 bits per heavy atom. The lowest BCUT2D eigenvalue weighted by molar-refractivity contribution is -0.137. The summed E-state index contributed by atoms with van der Waals surface area (Å²) in [4.78, 5) is 16.6. The van der Waals surface area contributed by atoms with Gasteiger partial charge in [0, 0.05) is 17.3 Å². The summed E-state index contributed by atoms with van der Waals surface area (Å²) in [7, 11) is 0. The maximum absolute atomic E-state index is 12.9. The minimum absolute atomic E-state index is 0.00431. The monoisotopic (exact) mass is 350 g/mol. The molecule has 0 saturated heterocycles. The lowest BCUT2D eigenvalue weighted by Crippen LogP contribution is -2.14. The van der Waals surface area contributed by atoms with E-state index in [4.69, 9.17) is 11.6 Å². The van der Waals surface area contributed by atoms with E-state index in [-0.39, 0.29) is 11.3 Å². The number of alkyl halides is 3. The van der Waals surface area contributed by atoms with Gasteiger partial charge in [-0.15, -0.1) is 0 Å². The third-order valence-electron chi connectivity index (χ3n) is 3.41. The molecule has 24 heavy (non-hydrogen) atoms. The Kier molecular flexibility index (Phi) is 4.15. The lowest BCUT2D eigenvalue weighted by atomic mass is 10.1. The predicted octanol–water partition coefficient (Wildman–Crippen LogP) is 5.16. The van der Waals surface area contributed by atoms with Gasteiger partial charge in [-0.25, -0.2) is 0 Å². The number of benzene rings is 2. The van der Waals surface area contributed by atoms with Crippen LogP contribution >= 0.6 is 11.6 Å². The number of para-hydroxylation sites is 1. The van der Waals surface area contributed by atoms with E-state index in [0.29, 0.717) is 5.52 Å². The van der Waals surface area contributed by atoms with Gasteiger partial charge in [-0.05, 0) is 30.3 Å². The van der Waals surface area contributed by atoms with Crippen molar-refractivity contribution >= 4 is 34.1 Å². The van der Waals surface area contributed by atoms with E-state index in [1.54, 1.807) is 36.5 Å². The summed E-state index contributed by atoms with van der Waals surface area (Å²) >= 11 is 5.57. The normalized spacial score (nSPS) is 11.5. The topological polar surface area (TPSA) is 42.0 Å². The molecule has 1 heterocycles. The molecular formula is C17H10ClF3N2O. The molecule has 122 valence electrons. The highest BCUT2D eigenvalue weighted by atomic mass is 35.5. The molecule has 7 heteroatoms. The third-order valence-corrected chi connectivity index (χ3v) is 3.74.